The summed E-state index contributed by atoms with van der Waals surface area (Å²) in [5.74, 6) is 0.137. The number of rotatable bonds is 2. The first-order chi connectivity index (χ1) is 9.66. The molecule has 2 fully saturated rings. The molecule has 2 aliphatic heterocycles. The lowest BCUT2D eigenvalue weighted by molar-refractivity contribution is -0.135. The molecule has 0 radical (unpaired) electrons. The molecule has 20 heavy (non-hydrogen) atoms. The monoisotopic (exact) mass is 292 g/mol. The molecule has 3 nitrogen and oxygen atoms in total. The van der Waals surface area contributed by atoms with Crippen LogP contribution in [0.15, 0.2) is 24.3 Å². The molecule has 0 saturated carbocycles. The summed E-state index contributed by atoms with van der Waals surface area (Å²) < 4.78 is 0. The van der Waals surface area contributed by atoms with Gasteiger partial charge in [-0.2, -0.15) is 0 Å². The summed E-state index contributed by atoms with van der Waals surface area (Å²) in [5.41, 5.74) is 1.01. The highest BCUT2D eigenvalue weighted by Crippen LogP contribution is 2.32. The molecular weight excluding hydrogens is 272 g/mol. The lowest BCUT2D eigenvalue weighted by Crippen LogP contribution is -2.44. The number of nitrogens with zero attached hydrogens (tertiary/aromatic N) is 1. The molecule has 0 aromatic heterocycles. The van der Waals surface area contributed by atoms with E-state index in [-0.39, 0.29) is 11.8 Å². The first-order valence-electron chi connectivity index (χ1n) is 7.45. The Labute approximate surface area is 125 Å². The normalized spacial score (nSPS) is 27.2. The van der Waals surface area contributed by atoms with E-state index in [4.69, 9.17) is 11.6 Å². The quantitative estimate of drug-likeness (QED) is 0.909. The molecule has 1 aromatic rings. The van der Waals surface area contributed by atoms with Gasteiger partial charge in [0, 0.05) is 23.7 Å². The van der Waals surface area contributed by atoms with Crippen molar-refractivity contribution in [1.82, 2.24) is 10.2 Å². The van der Waals surface area contributed by atoms with Crippen molar-refractivity contribution in [2.24, 2.45) is 0 Å². The molecule has 2 aliphatic rings. The standard InChI is InChI=1S/C16H21ClN2O/c1-11(12-3-2-4-13(17)9-12)16(20)19-14-5-6-15(19)10-18-8-7-14/h2-4,9,11,14-15,18H,5-8,10H2,1H3. The van der Waals surface area contributed by atoms with Gasteiger partial charge in [0.1, 0.15) is 0 Å². The molecule has 2 bridgehead atoms. The van der Waals surface area contributed by atoms with Gasteiger partial charge in [0.15, 0.2) is 0 Å². The Morgan fingerprint density at radius 3 is 2.95 bits per heavy atom. The molecule has 1 N–H and O–H groups in total. The first-order valence-corrected chi connectivity index (χ1v) is 7.83. The molecular formula is C16H21ClN2O. The maximum Gasteiger partial charge on any atom is 0.230 e. The number of halogens is 1. The number of nitrogens with one attached hydrogen (secondary N) is 1. The van der Waals surface area contributed by atoms with Gasteiger partial charge in [0.25, 0.3) is 0 Å². The van der Waals surface area contributed by atoms with E-state index in [9.17, 15) is 4.79 Å². The van der Waals surface area contributed by atoms with Crippen molar-refractivity contribution in [2.45, 2.75) is 44.2 Å². The molecule has 1 aromatic carbocycles. The van der Waals surface area contributed by atoms with Crippen LogP contribution in [-0.4, -0.2) is 36.0 Å². The molecule has 0 aliphatic carbocycles. The largest absolute Gasteiger partial charge is 0.335 e. The van der Waals surface area contributed by atoms with Crippen LogP contribution in [0.1, 0.15) is 37.7 Å². The fourth-order valence-electron chi connectivity index (χ4n) is 3.48. The Morgan fingerprint density at radius 2 is 2.15 bits per heavy atom. The molecule has 3 unspecified atom stereocenters. The minimum Gasteiger partial charge on any atom is -0.335 e. The van der Waals surface area contributed by atoms with Crippen molar-refractivity contribution in [3.63, 3.8) is 0 Å². The predicted octanol–water partition coefficient (Wildman–Crippen LogP) is 2.80. The molecule has 0 spiro atoms. The smallest absolute Gasteiger partial charge is 0.230 e. The molecule has 2 saturated heterocycles. The van der Waals surface area contributed by atoms with E-state index < -0.39 is 0 Å². The first kappa shape index (κ1) is 13.9. The highest BCUT2D eigenvalue weighted by Gasteiger charge is 2.39. The topological polar surface area (TPSA) is 32.3 Å². The van der Waals surface area contributed by atoms with E-state index in [1.807, 2.05) is 31.2 Å². The number of fused-ring (bicyclic) bond motifs is 2. The van der Waals surface area contributed by atoms with Crippen molar-refractivity contribution in [2.75, 3.05) is 13.1 Å². The Kier molecular flexibility index (Phi) is 3.99. The Morgan fingerprint density at radius 1 is 1.35 bits per heavy atom. The summed E-state index contributed by atoms with van der Waals surface area (Å²) in [6.07, 6.45) is 3.36. The van der Waals surface area contributed by atoms with Crippen LogP contribution in [0, 0.1) is 0 Å². The van der Waals surface area contributed by atoms with E-state index in [0.29, 0.717) is 17.1 Å². The van der Waals surface area contributed by atoms with Crippen LogP contribution >= 0.6 is 11.6 Å². The average molecular weight is 293 g/mol. The van der Waals surface area contributed by atoms with Crippen molar-refractivity contribution in [3.8, 4) is 0 Å². The number of hydrogen-bond donors (Lipinski definition) is 1. The van der Waals surface area contributed by atoms with E-state index in [2.05, 4.69) is 10.2 Å². The number of carbonyl (C=O) groups is 1. The maximum absolute atomic E-state index is 12.9. The number of benzene rings is 1. The third-order valence-electron chi connectivity index (χ3n) is 4.63. The Bertz CT molecular complexity index is 491. The van der Waals surface area contributed by atoms with Gasteiger partial charge in [-0.05, 0) is 50.4 Å². The number of hydrogen-bond acceptors (Lipinski definition) is 2. The van der Waals surface area contributed by atoms with Crippen molar-refractivity contribution >= 4 is 17.5 Å². The van der Waals surface area contributed by atoms with Gasteiger partial charge in [-0.1, -0.05) is 23.7 Å². The lowest BCUT2D eigenvalue weighted by Gasteiger charge is -2.30. The predicted molar refractivity (Wildman–Crippen MR) is 81.0 cm³/mol. The van der Waals surface area contributed by atoms with Crippen LogP contribution < -0.4 is 5.32 Å². The Hall–Kier alpha value is -1.06. The number of carbonyl (C=O) groups excluding carboxylic acids is 1. The summed E-state index contributed by atoms with van der Waals surface area (Å²) in [4.78, 5) is 15.0. The molecule has 1 amide bonds. The summed E-state index contributed by atoms with van der Waals surface area (Å²) >= 11 is 6.04. The van der Waals surface area contributed by atoms with Gasteiger partial charge in [0.2, 0.25) is 5.91 Å². The van der Waals surface area contributed by atoms with Crippen LogP contribution in [0.25, 0.3) is 0 Å². The highest BCUT2D eigenvalue weighted by molar-refractivity contribution is 6.30. The summed E-state index contributed by atoms with van der Waals surface area (Å²) in [6.45, 7) is 3.95. The van der Waals surface area contributed by atoms with Crippen LogP contribution in [0.3, 0.4) is 0 Å². The van der Waals surface area contributed by atoms with Crippen molar-refractivity contribution < 1.29 is 4.79 Å². The zero-order chi connectivity index (χ0) is 14.1. The van der Waals surface area contributed by atoms with E-state index in [1.165, 1.54) is 0 Å². The van der Waals surface area contributed by atoms with Gasteiger partial charge >= 0.3 is 0 Å². The van der Waals surface area contributed by atoms with E-state index in [0.717, 1.165) is 37.9 Å². The minimum absolute atomic E-state index is 0.116. The summed E-state index contributed by atoms with van der Waals surface area (Å²) in [5, 5.41) is 4.13. The fraction of sp³-hybridized carbons (Fsp3) is 0.562. The van der Waals surface area contributed by atoms with E-state index in [1.54, 1.807) is 0 Å². The highest BCUT2D eigenvalue weighted by atomic mass is 35.5. The van der Waals surface area contributed by atoms with Crippen molar-refractivity contribution in [1.29, 1.82) is 0 Å². The van der Waals surface area contributed by atoms with Gasteiger partial charge in [0.05, 0.1) is 5.92 Å². The molecule has 3 atom stereocenters. The van der Waals surface area contributed by atoms with Crippen LogP contribution in [0.2, 0.25) is 5.02 Å². The third kappa shape index (κ3) is 2.57. The van der Waals surface area contributed by atoms with Crippen molar-refractivity contribution in [3.05, 3.63) is 34.9 Å². The SMILES string of the molecule is CC(C(=O)N1C2CCNCC1CC2)c1cccc(Cl)c1. The zero-order valence-electron chi connectivity index (χ0n) is 11.8. The van der Waals surface area contributed by atoms with Gasteiger partial charge in [-0.25, -0.2) is 0 Å². The molecule has 108 valence electrons. The van der Waals surface area contributed by atoms with Crippen LogP contribution in [0.5, 0.6) is 0 Å². The zero-order valence-corrected chi connectivity index (χ0v) is 12.6. The number of amides is 1. The van der Waals surface area contributed by atoms with Gasteiger partial charge in [-0.15, -0.1) is 0 Å². The fourth-order valence-corrected chi connectivity index (χ4v) is 3.68. The summed E-state index contributed by atoms with van der Waals surface area (Å²) in [6, 6.07) is 8.46. The average Bonchev–Trinajstić information content (AvgIpc) is 2.70. The van der Waals surface area contributed by atoms with E-state index >= 15 is 0 Å². The second-order valence-electron chi connectivity index (χ2n) is 5.90. The van der Waals surface area contributed by atoms with Crippen LogP contribution in [0.4, 0.5) is 0 Å². The van der Waals surface area contributed by atoms with Crippen LogP contribution in [-0.2, 0) is 4.79 Å². The van der Waals surface area contributed by atoms with Gasteiger partial charge < -0.3 is 10.2 Å². The molecule has 3 rings (SSSR count). The second-order valence-corrected chi connectivity index (χ2v) is 6.34. The second kappa shape index (κ2) is 5.74. The maximum atomic E-state index is 12.9. The summed E-state index contributed by atoms with van der Waals surface area (Å²) in [7, 11) is 0. The third-order valence-corrected chi connectivity index (χ3v) is 4.86. The lowest BCUT2D eigenvalue weighted by atomic mass is 9.99. The Balaban J connectivity index is 1.81. The minimum atomic E-state index is -0.116. The molecule has 4 heteroatoms. The van der Waals surface area contributed by atoms with Gasteiger partial charge in [-0.3, -0.25) is 4.79 Å². The molecule has 2 heterocycles.